The van der Waals surface area contributed by atoms with Crippen LogP contribution >= 0.6 is 19.4 Å². The average Bonchev–Trinajstić information content (AvgIpc) is 3.21. The molecule has 3 N–H and O–H groups in total. The standard InChI is InChI=1S/C20H23N4O6PS/c1-14(17-4-2-5-18(12-17)24(25)26)32-20-23-22-19(30-20)16-8-6-15(7-9-16)13-21-10-3-11-31(27,28)29/h2,4-9,12,14,21H,3,10-11,13H2,1H3,(H2,27,28,29). The lowest BCUT2D eigenvalue weighted by Gasteiger charge is -2.08. The molecular formula is C20H23N4O6PS. The molecule has 1 heterocycles. The molecule has 0 radical (unpaired) electrons. The molecule has 12 heteroatoms. The van der Waals surface area contributed by atoms with Gasteiger partial charge in [0.05, 0.1) is 11.1 Å². The van der Waals surface area contributed by atoms with Gasteiger partial charge in [0.2, 0.25) is 5.89 Å². The summed E-state index contributed by atoms with van der Waals surface area (Å²) in [6.07, 6.45) is 0.274. The Hall–Kier alpha value is -2.56. The average molecular weight is 478 g/mol. The zero-order chi connectivity index (χ0) is 23.1. The van der Waals surface area contributed by atoms with Crippen LogP contribution in [-0.4, -0.2) is 37.6 Å². The van der Waals surface area contributed by atoms with E-state index in [9.17, 15) is 14.7 Å². The van der Waals surface area contributed by atoms with Gasteiger partial charge in [0.1, 0.15) is 0 Å². The van der Waals surface area contributed by atoms with Crippen molar-refractivity contribution in [3.05, 3.63) is 69.8 Å². The van der Waals surface area contributed by atoms with Crippen LogP contribution in [0.5, 0.6) is 0 Å². The van der Waals surface area contributed by atoms with Gasteiger partial charge in [0.25, 0.3) is 10.9 Å². The van der Waals surface area contributed by atoms with Gasteiger partial charge in [-0.1, -0.05) is 36.0 Å². The Morgan fingerprint density at radius 1 is 1.22 bits per heavy atom. The van der Waals surface area contributed by atoms with Gasteiger partial charge in [0.15, 0.2) is 0 Å². The van der Waals surface area contributed by atoms with E-state index in [-0.39, 0.29) is 17.1 Å². The predicted molar refractivity (Wildman–Crippen MR) is 120 cm³/mol. The van der Waals surface area contributed by atoms with E-state index in [0.29, 0.717) is 30.6 Å². The van der Waals surface area contributed by atoms with Gasteiger partial charge >= 0.3 is 7.60 Å². The van der Waals surface area contributed by atoms with Crippen LogP contribution in [0.3, 0.4) is 0 Å². The van der Waals surface area contributed by atoms with E-state index >= 15 is 0 Å². The third kappa shape index (κ3) is 7.25. The Bertz CT molecular complexity index is 1100. The molecule has 2 aromatic carbocycles. The van der Waals surface area contributed by atoms with Crippen molar-refractivity contribution in [3.8, 4) is 11.5 Å². The first-order valence-electron chi connectivity index (χ1n) is 9.80. The normalized spacial score (nSPS) is 12.6. The molecule has 0 fully saturated rings. The highest BCUT2D eigenvalue weighted by atomic mass is 32.2. The van der Waals surface area contributed by atoms with Crippen molar-refractivity contribution in [3.63, 3.8) is 0 Å². The van der Waals surface area contributed by atoms with Crippen molar-refractivity contribution in [1.82, 2.24) is 15.5 Å². The molecule has 0 saturated heterocycles. The van der Waals surface area contributed by atoms with Crippen LogP contribution in [0.4, 0.5) is 5.69 Å². The maximum Gasteiger partial charge on any atom is 0.325 e. The summed E-state index contributed by atoms with van der Waals surface area (Å²) in [7, 11) is -3.94. The lowest BCUT2D eigenvalue weighted by atomic mass is 10.1. The van der Waals surface area contributed by atoms with Gasteiger partial charge in [-0.25, -0.2) is 0 Å². The molecule has 0 saturated carbocycles. The summed E-state index contributed by atoms with van der Waals surface area (Å²) < 4.78 is 16.6. The Morgan fingerprint density at radius 2 is 1.97 bits per heavy atom. The highest BCUT2D eigenvalue weighted by molar-refractivity contribution is 7.99. The van der Waals surface area contributed by atoms with Gasteiger partial charge in [-0.3, -0.25) is 14.7 Å². The van der Waals surface area contributed by atoms with Crippen LogP contribution in [-0.2, 0) is 11.1 Å². The molecule has 0 aliphatic heterocycles. The summed E-state index contributed by atoms with van der Waals surface area (Å²) >= 11 is 1.32. The molecule has 0 aliphatic rings. The third-order valence-corrected chi connectivity index (χ3v) is 6.46. The highest BCUT2D eigenvalue weighted by Gasteiger charge is 2.16. The van der Waals surface area contributed by atoms with Crippen LogP contribution in [0.15, 0.2) is 58.2 Å². The molecule has 0 bridgehead atoms. The lowest BCUT2D eigenvalue weighted by molar-refractivity contribution is -0.384. The Morgan fingerprint density at radius 3 is 2.66 bits per heavy atom. The number of non-ortho nitro benzene ring substituents is 1. The van der Waals surface area contributed by atoms with Crippen LogP contribution < -0.4 is 5.32 Å². The number of aromatic nitrogens is 2. The molecule has 3 rings (SSSR count). The number of nitro benzene ring substituents is 1. The molecule has 1 unspecified atom stereocenters. The molecule has 1 atom stereocenters. The highest BCUT2D eigenvalue weighted by Crippen LogP contribution is 2.36. The fourth-order valence-electron chi connectivity index (χ4n) is 2.89. The van der Waals surface area contributed by atoms with Crippen LogP contribution in [0.2, 0.25) is 0 Å². The fraction of sp³-hybridized carbons (Fsp3) is 0.300. The monoisotopic (exact) mass is 478 g/mol. The van der Waals surface area contributed by atoms with Gasteiger partial charge in [0, 0.05) is 29.5 Å². The van der Waals surface area contributed by atoms with E-state index in [1.54, 1.807) is 6.07 Å². The second-order valence-electron chi connectivity index (χ2n) is 7.10. The van der Waals surface area contributed by atoms with E-state index in [4.69, 9.17) is 14.2 Å². The number of hydrogen-bond acceptors (Lipinski definition) is 8. The van der Waals surface area contributed by atoms with Crippen molar-refractivity contribution in [2.45, 2.75) is 30.4 Å². The molecule has 32 heavy (non-hydrogen) atoms. The first-order chi connectivity index (χ1) is 15.2. The van der Waals surface area contributed by atoms with Gasteiger partial charge in [-0.05, 0) is 43.1 Å². The number of benzene rings is 2. The summed E-state index contributed by atoms with van der Waals surface area (Å²) in [5, 5.41) is 22.5. The van der Waals surface area contributed by atoms with Crippen LogP contribution in [0, 0.1) is 10.1 Å². The van der Waals surface area contributed by atoms with E-state index in [0.717, 1.165) is 16.7 Å². The Balaban J connectivity index is 1.54. The van der Waals surface area contributed by atoms with Crippen molar-refractivity contribution in [1.29, 1.82) is 0 Å². The summed E-state index contributed by atoms with van der Waals surface area (Å²) in [5.74, 6) is 0.375. The van der Waals surface area contributed by atoms with E-state index < -0.39 is 12.5 Å². The van der Waals surface area contributed by atoms with Gasteiger partial charge in [-0.15, -0.1) is 10.2 Å². The van der Waals surface area contributed by atoms with Crippen molar-refractivity contribution < 1.29 is 23.7 Å². The van der Waals surface area contributed by atoms with E-state index in [2.05, 4.69) is 15.5 Å². The van der Waals surface area contributed by atoms with Gasteiger partial charge < -0.3 is 19.5 Å². The minimum atomic E-state index is -3.94. The number of nitrogens with one attached hydrogen (secondary N) is 1. The van der Waals surface area contributed by atoms with Gasteiger partial charge in [-0.2, -0.15) is 0 Å². The minimum absolute atomic E-state index is 0.0394. The smallest absolute Gasteiger partial charge is 0.325 e. The maximum absolute atomic E-state index is 11.0. The summed E-state index contributed by atoms with van der Waals surface area (Å²) in [6.45, 7) is 3.00. The minimum Gasteiger partial charge on any atom is -0.411 e. The number of hydrogen-bond donors (Lipinski definition) is 3. The summed E-state index contributed by atoms with van der Waals surface area (Å²) in [4.78, 5) is 28.2. The largest absolute Gasteiger partial charge is 0.411 e. The molecule has 0 spiro atoms. The molecule has 170 valence electrons. The molecule has 3 aromatic rings. The summed E-state index contributed by atoms with van der Waals surface area (Å²) in [5.41, 5.74) is 2.61. The molecule has 1 aromatic heterocycles. The van der Waals surface area contributed by atoms with E-state index in [1.165, 1.54) is 23.9 Å². The topological polar surface area (TPSA) is 152 Å². The maximum atomic E-state index is 11.0. The summed E-state index contributed by atoms with van der Waals surface area (Å²) in [6, 6.07) is 14.0. The molecule has 0 amide bonds. The zero-order valence-electron chi connectivity index (χ0n) is 17.2. The number of nitrogens with zero attached hydrogens (tertiary/aromatic N) is 3. The van der Waals surface area contributed by atoms with Crippen molar-refractivity contribution >= 4 is 25.0 Å². The number of nitro groups is 1. The van der Waals surface area contributed by atoms with Crippen LogP contribution in [0.25, 0.3) is 11.5 Å². The van der Waals surface area contributed by atoms with Crippen molar-refractivity contribution in [2.75, 3.05) is 12.7 Å². The lowest BCUT2D eigenvalue weighted by Crippen LogP contribution is -2.15. The van der Waals surface area contributed by atoms with Crippen molar-refractivity contribution in [2.24, 2.45) is 0 Å². The molecular weight excluding hydrogens is 455 g/mol. The Labute approximate surface area is 188 Å². The quantitative estimate of drug-likeness (QED) is 0.120. The van der Waals surface area contributed by atoms with E-state index in [1.807, 2.05) is 37.3 Å². The second kappa shape index (κ2) is 10.8. The first kappa shape index (κ1) is 24.1. The predicted octanol–water partition coefficient (Wildman–Crippen LogP) is 4.16. The first-order valence-corrected chi connectivity index (χ1v) is 12.5. The fourth-order valence-corrected chi connectivity index (χ4v) is 4.26. The third-order valence-electron chi connectivity index (χ3n) is 4.57. The molecule has 10 nitrogen and oxygen atoms in total. The number of thioether (sulfide) groups is 1. The second-order valence-corrected chi connectivity index (χ2v) is 10.2. The molecule has 0 aliphatic carbocycles. The Kier molecular flexibility index (Phi) is 8.16. The van der Waals surface area contributed by atoms with Crippen LogP contribution in [0.1, 0.15) is 29.7 Å². The number of rotatable bonds is 11. The zero-order valence-corrected chi connectivity index (χ0v) is 19.0. The SMILES string of the molecule is CC(Sc1nnc(-c2ccc(CNCCCP(=O)(O)O)cc2)o1)c1cccc([N+](=O)[O-])c1.